The Balaban J connectivity index is 2.53. The quantitative estimate of drug-likeness (QED) is 0.768. The van der Waals surface area contributed by atoms with Crippen LogP contribution in [0.2, 0.25) is 0 Å². The van der Waals surface area contributed by atoms with E-state index in [0.29, 0.717) is 17.9 Å². The molecule has 1 aromatic rings. The van der Waals surface area contributed by atoms with Gasteiger partial charge in [-0.25, -0.2) is 0 Å². The van der Waals surface area contributed by atoms with E-state index in [9.17, 15) is 9.59 Å². The van der Waals surface area contributed by atoms with Crippen LogP contribution in [0.4, 0.5) is 0 Å². The zero-order valence-electron chi connectivity index (χ0n) is 9.60. The van der Waals surface area contributed by atoms with E-state index in [1.165, 1.54) is 0 Å². The molecule has 0 spiro atoms. The molecule has 0 radical (unpaired) electrons. The van der Waals surface area contributed by atoms with Crippen LogP contribution in [0.3, 0.4) is 0 Å². The average molecular weight is 237 g/mol. The topological polar surface area (TPSA) is 75.6 Å². The summed E-state index contributed by atoms with van der Waals surface area (Å²) in [6.45, 7) is 2.32. The number of carbonyl (C=O) groups is 2. The molecule has 0 unspecified atom stereocenters. The SMILES string of the molecule is CCNC(=O)COc1cccc(CC(=O)O)c1. The minimum atomic E-state index is -0.897. The zero-order valence-corrected chi connectivity index (χ0v) is 9.60. The van der Waals surface area contributed by atoms with Gasteiger partial charge in [-0.05, 0) is 24.6 Å². The Bertz CT molecular complexity index is 403. The lowest BCUT2D eigenvalue weighted by Crippen LogP contribution is -2.28. The average Bonchev–Trinajstić information content (AvgIpc) is 2.26. The highest BCUT2D eigenvalue weighted by atomic mass is 16.5. The smallest absolute Gasteiger partial charge is 0.307 e. The number of ether oxygens (including phenoxy) is 1. The molecule has 0 aromatic heterocycles. The van der Waals surface area contributed by atoms with Crippen molar-refractivity contribution in [1.29, 1.82) is 0 Å². The fourth-order valence-electron chi connectivity index (χ4n) is 1.32. The first-order valence-corrected chi connectivity index (χ1v) is 5.32. The third-order valence-electron chi connectivity index (χ3n) is 2.00. The van der Waals surface area contributed by atoms with E-state index in [4.69, 9.17) is 9.84 Å². The lowest BCUT2D eigenvalue weighted by atomic mass is 10.1. The number of rotatable bonds is 6. The largest absolute Gasteiger partial charge is 0.484 e. The summed E-state index contributed by atoms with van der Waals surface area (Å²) in [5, 5.41) is 11.2. The number of aliphatic carboxylic acids is 1. The number of carboxylic acids is 1. The van der Waals surface area contributed by atoms with Gasteiger partial charge in [-0.3, -0.25) is 9.59 Å². The Morgan fingerprint density at radius 2 is 2.18 bits per heavy atom. The zero-order chi connectivity index (χ0) is 12.7. The highest BCUT2D eigenvalue weighted by molar-refractivity contribution is 5.77. The minimum Gasteiger partial charge on any atom is -0.484 e. The maximum absolute atomic E-state index is 11.1. The number of benzene rings is 1. The van der Waals surface area contributed by atoms with Gasteiger partial charge in [0.1, 0.15) is 5.75 Å². The maximum Gasteiger partial charge on any atom is 0.307 e. The van der Waals surface area contributed by atoms with Crippen molar-refractivity contribution in [2.75, 3.05) is 13.2 Å². The summed E-state index contributed by atoms with van der Waals surface area (Å²) in [4.78, 5) is 21.7. The van der Waals surface area contributed by atoms with E-state index >= 15 is 0 Å². The van der Waals surface area contributed by atoms with E-state index in [-0.39, 0.29) is 18.9 Å². The molecule has 17 heavy (non-hydrogen) atoms. The van der Waals surface area contributed by atoms with Gasteiger partial charge < -0.3 is 15.2 Å². The summed E-state index contributed by atoms with van der Waals surface area (Å²) in [6.07, 6.45) is -0.0572. The summed E-state index contributed by atoms with van der Waals surface area (Å²) in [6, 6.07) is 6.70. The molecule has 1 amide bonds. The highest BCUT2D eigenvalue weighted by Gasteiger charge is 2.04. The monoisotopic (exact) mass is 237 g/mol. The van der Waals surface area contributed by atoms with Crippen LogP contribution >= 0.6 is 0 Å². The van der Waals surface area contributed by atoms with Crippen LogP contribution in [0.15, 0.2) is 24.3 Å². The van der Waals surface area contributed by atoms with Crippen molar-refractivity contribution in [3.8, 4) is 5.75 Å². The van der Waals surface area contributed by atoms with Gasteiger partial charge in [0.05, 0.1) is 6.42 Å². The molecule has 5 heteroatoms. The first kappa shape index (κ1) is 13.0. The molecule has 0 heterocycles. The third kappa shape index (κ3) is 5.01. The van der Waals surface area contributed by atoms with E-state index in [0.717, 1.165) is 0 Å². The van der Waals surface area contributed by atoms with Crippen LogP contribution in [0, 0.1) is 0 Å². The Kier molecular flexibility index (Phi) is 5.00. The van der Waals surface area contributed by atoms with Gasteiger partial charge in [-0.15, -0.1) is 0 Å². The van der Waals surface area contributed by atoms with Crippen molar-refractivity contribution in [3.63, 3.8) is 0 Å². The fraction of sp³-hybridized carbons (Fsp3) is 0.333. The van der Waals surface area contributed by atoms with E-state index in [1.54, 1.807) is 24.3 Å². The highest BCUT2D eigenvalue weighted by Crippen LogP contribution is 2.13. The standard InChI is InChI=1S/C12H15NO4/c1-2-13-11(14)8-17-10-5-3-4-9(6-10)7-12(15)16/h3-6H,2,7-8H2,1H3,(H,13,14)(H,15,16). The Morgan fingerprint density at radius 1 is 1.41 bits per heavy atom. The molecule has 0 atom stereocenters. The van der Waals surface area contributed by atoms with E-state index < -0.39 is 5.97 Å². The van der Waals surface area contributed by atoms with Crippen LogP contribution in [-0.4, -0.2) is 30.1 Å². The second-order valence-electron chi connectivity index (χ2n) is 3.46. The fourth-order valence-corrected chi connectivity index (χ4v) is 1.32. The van der Waals surface area contributed by atoms with Crippen molar-refractivity contribution >= 4 is 11.9 Å². The summed E-state index contributed by atoms with van der Waals surface area (Å²) in [5.74, 6) is -0.600. The van der Waals surface area contributed by atoms with Crippen LogP contribution < -0.4 is 10.1 Å². The predicted octanol–water partition coefficient (Wildman–Crippen LogP) is 0.829. The number of amides is 1. The van der Waals surface area contributed by atoms with Gasteiger partial charge in [0, 0.05) is 6.54 Å². The molecular formula is C12H15NO4. The summed E-state index contributed by atoms with van der Waals surface area (Å²) >= 11 is 0. The summed E-state index contributed by atoms with van der Waals surface area (Å²) < 4.78 is 5.24. The van der Waals surface area contributed by atoms with Gasteiger partial charge >= 0.3 is 5.97 Å². The van der Waals surface area contributed by atoms with Crippen molar-refractivity contribution in [2.24, 2.45) is 0 Å². The third-order valence-corrected chi connectivity index (χ3v) is 2.00. The molecule has 0 aliphatic heterocycles. The summed E-state index contributed by atoms with van der Waals surface area (Å²) in [7, 11) is 0. The van der Waals surface area contributed by atoms with E-state index in [2.05, 4.69) is 5.32 Å². The molecule has 0 bridgehead atoms. The van der Waals surface area contributed by atoms with Crippen molar-refractivity contribution in [2.45, 2.75) is 13.3 Å². The summed E-state index contributed by atoms with van der Waals surface area (Å²) in [5.41, 5.74) is 0.644. The molecule has 92 valence electrons. The van der Waals surface area contributed by atoms with Gasteiger partial charge in [-0.2, -0.15) is 0 Å². The molecule has 0 saturated carbocycles. The number of hydrogen-bond acceptors (Lipinski definition) is 3. The van der Waals surface area contributed by atoms with Gasteiger partial charge in [-0.1, -0.05) is 12.1 Å². The molecule has 1 rings (SSSR count). The minimum absolute atomic E-state index is 0.0572. The molecular weight excluding hydrogens is 222 g/mol. The molecule has 0 fully saturated rings. The number of nitrogens with one attached hydrogen (secondary N) is 1. The second kappa shape index (κ2) is 6.52. The van der Waals surface area contributed by atoms with Gasteiger partial charge in [0.2, 0.25) is 0 Å². The number of carbonyl (C=O) groups excluding carboxylic acids is 1. The number of hydrogen-bond donors (Lipinski definition) is 2. The molecule has 0 aliphatic carbocycles. The van der Waals surface area contributed by atoms with Gasteiger partial charge in [0.15, 0.2) is 6.61 Å². The predicted molar refractivity (Wildman–Crippen MR) is 62.0 cm³/mol. The number of likely N-dealkylation sites (N-methyl/N-ethyl adjacent to an activating group) is 1. The van der Waals surface area contributed by atoms with Gasteiger partial charge in [0.25, 0.3) is 5.91 Å². The first-order valence-electron chi connectivity index (χ1n) is 5.32. The lowest BCUT2D eigenvalue weighted by molar-refractivity contribution is -0.136. The van der Waals surface area contributed by atoms with Crippen LogP contribution in [0.25, 0.3) is 0 Å². The first-order chi connectivity index (χ1) is 8.11. The van der Waals surface area contributed by atoms with Crippen LogP contribution in [0.1, 0.15) is 12.5 Å². The molecule has 0 aliphatic rings. The normalized spacial score (nSPS) is 9.71. The van der Waals surface area contributed by atoms with Crippen molar-refractivity contribution in [3.05, 3.63) is 29.8 Å². The molecule has 5 nitrogen and oxygen atoms in total. The Labute approximate surface area is 99.4 Å². The Morgan fingerprint density at radius 3 is 2.82 bits per heavy atom. The van der Waals surface area contributed by atoms with Crippen LogP contribution in [-0.2, 0) is 16.0 Å². The van der Waals surface area contributed by atoms with E-state index in [1.807, 2.05) is 6.92 Å². The lowest BCUT2D eigenvalue weighted by Gasteiger charge is -2.07. The maximum atomic E-state index is 11.1. The second-order valence-corrected chi connectivity index (χ2v) is 3.46. The Hall–Kier alpha value is -2.04. The van der Waals surface area contributed by atoms with Crippen molar-refractivity contribution < 1.29 is 19.4 Å². The van der Waals surface area contributed by atoms with Crippen LogP contribution in [0.5, 0.6) is 5.75 Å². The number of carboxylic acid groups (broad SMARTS) is 1. The van der Waals surface area contributed by atoms with Crippen molar-refractivity contribution in [1.82, 2.24) is 5.32 Å². The molecule has 0 saturated heterocycles. The molecule has 2 N–H and O–H groups in total. The molecule has 1 aromatic carbocycles.